The highest BCUT2D eigenvalue weighted by molar-refractivity contribution is 7.99. The highest BCUT2D eigenvalue weighted by Crippen LogP contribution is 2.27. The first-order valence-corrected chi connectivity index (χ1v) is 8.04. The number of carboxylic acid groups (broad SMARTS) is 1. The second-order valence-corrected chi connectivity index (χ2v) is 6.25. The molecule has 114 valence electrons. The van der Waals surface area contributed by atoms with Gasteiger partial charge in [0.05, 0.1) is 7.11 Å². The normalized spacial score (nSPS) is 15.5. The second kappa shape index (κ2) is 7.36. The molecule has 0 unspecified atom stereocenters. The van der Waals surface area contributed by atoms with Crippen LogP contribution in [0, 0.1) is 5.92 Å². The number of anilines is 1. The van der Waals surface area contributed by atoms with E-state index in [9.17, 15) is 9.59 Å². The largest absolute Gasteiger partial charge is 0.496 e. The standard InChI is InChI=1S/C15H19NO4S/c1-20-13-9-11(2-3-12(13)15(18)19)16-14(17)8-10-4-6-21-7-5-10/h2-3,9-10H,4-8H2,1H3,(H,16,17)(H,18,19). The fourth-order valence-electron chi connectivity index (χ4n) is 2.37. The van der Waals surface area contributed by atoms with Gasteiger partial charge >= 0.3 is 5.97 Å². The molecule has 1 aromatic rings. The van der Waals surface area contributed by atoms with Crippen molar-refractivity contribution in [2.24, 2.45) is 5.92 Å². The summed E-state index contributed by atoms with van der Waals surface area (Å²) in [5.41, 5.74) is 0.645. The number of hydrogen-bond donors (Lipinski definition) is 2. The minimum Gasteiger partial charge on any atom is -0.496 e. The molecule has 0 aliphatic carbocycles. The van der Waals surface area contributed by atoms with E-state index in [1.54, 1.807) is 6.07 Å². The number of aromatic carboxylic acids is 1. The summed E-state index contributed by atoms with van der Waals surface area (Å²) >= 11 is 1.94. The summed E-state index contributed by atoms with van der Waals surface area (Å²) in [5.74, 6) is 1.86. The molecule has 1 aliphatic rings. The lowest BCUT2D eigenvalue weighted by Crippen LogP contribution is -2.19. The maximum atomic E-state index is 12.0. The van der Waals surface area contributed by atoms with E-state index in [1.807, 2.05) is 11.8 Å². The number of carbonyl (C=O) groups is 2. The van der Waals surface area contributed by atoms with Crippen molar-refractivity contribution in [3.8, 4) is 5.75 Å². The number of nitrogens with one attached hydrogen (secondary N) is 1. The van der Waals surface area contributed by atoms with Gasteiger partial charge in [0, 0.05) is 18.2 Å². The first-order valence-electron chi connectivity index (χ1n) is 6.89. The van der Waals surface area contributed by atoms with Crippen molar-refractivity contribution in [2.45, 2.75) is 19.3 Å². The van der Waals surface area contributed by atoms with E-state index in [4.69, 9.17) is 9.84 Å². The third kappa shape index (κ3) is 4.39. The predicted octanol–water partition coefficient (Wildman–Crippen LogP) is 2.87. The Morgan fingerprint density at radius 2 is 2.10 bits per heavy atom. The Bertz CT molecular complexity index is 526. The molecular formula is C15H19NO4S. The van der Waals surface area contributed by atoms with Crippen LogP contribution in [0.2, 0.25) is 0 Å². The van der Waals surface area contributed by atoms with Crippen molar-refractivity contribution in [3.63, 3.8) is 0 Å². The molecule has 1 aliphatic heterocycles. The second-order valence-electron chi connectivity index (χ2n) is 5.03. The Morgan fingerprint density at radius 1 is 1.38 bits per heavy atom. The van der Waals surface area contributed by atoms with E-state index >= 15 is 0 Å². The molecule has 0 bridgehead atoms. The lowest BCUT2D eigenvalue weighted by atomic mass is 9.98. The smallest absolute Gasteiger partial charge is 0.339 e. The molecule has 2 N–H and O–H groups in total. The van der Waals surface area contributed by atoms with Gasteiger partial charge in [-0.3, -0.25) is 4.79 Å². The molecule has 0 radical (unpaired) electrons. The third-order valence-electron chi connectivity index (χ3n) is 3.53. The summed E-state index contributed by atoms with van der Waals surface area (Å²) < 4.78 is 5.04. The van der Waals surface area contributed by atoms with Gasteiger partial charge in [-0.2, -0.15) is 11.8 Å². The van der Waals surface area contributed by atoms with Gasteiger partial charge in [0.2, 0.25) is 5.91 Å². The van der Waals surface area contributed by atoms with Gasteiger partial charge in [0.1, 0.15) is 11.3 Å². The quantitative estimate of drug-likeness (QED) is 0.874. The molecule has 1 heterocycles. The van der Waals surface area contributed by atoms with Crippen LogP contribution in [0.5, 0.6) is 5.75 Å². The maximum Gasteiger partial charge on any atom is 0.339 e. The predicted molar refractivity (Wildman–Crippen MR) is 83.2 cm³/mol. The van der Waals surface area contributed by atoms with Crippen LogP contribution in [0.4, 0.5) is 5.69 Å². The molecule has 2 rings (SSSR count). The van der Waals surface area contributed by atoms with Crippen molar-refractivity contribution in [2.75, 3.05) is 23.9 Å². The molecule has 0 saturated carbocycles. The SMILES string of the molecule is COc1cc(NC(=O)CC2CCSCC2)ccc1C(=O)O. The number of thioether (sulfide) groups is 1. The number of ether oxygens (including phenoxy) is 1. The van der Waals surface area contributed by atoms with E-state index in [0.717, 1.165) is 24.3 Å². The summed E-state index contributed by atoms with van der Waals surface area (Å²) in [6.07, 6.45) is 2.68. The molecule has 0 spiro atoms. The number of amides is 1. The average molecular weight is 309 g/mol. The number of rotatable bonds is 5. The van der Waals surface area contributed by atoms with Crippen molar-refractivity contribution in [3.05, 3.63) is 23.8 Å². The summed E-state index contributed by atoms with van der Waals surface area (Å²) in [6.45, 7) is 0. The van der Waals surface area contributed by atoms with E-state index in [-0.39, 0.29) is 17.2 Å². The Balaban J connectivity index is 1.98. The highest BCUT2D eigenvalue weighted by atomic mass is 32.2. The molecule has 1 amide bonds. The first kappa shape index (κ1) is 15.7. The number of hydrogen-bond acceptors (Lipinski definition) is 4. The highest BCUT2D eigenvalue weighted by Gasteiger charge is 2.18. The van der Waals surface area contributed by atoms with Crippen molar-refractivity contribution < 1.29 is 19.4 Å². The Morgan fingerprint density at radius 3 is 2.71 bits per heavy atom. The fourth-order valence-corrected chi connectivity index (χ4v) is 3.57. The number of methoxy groups -OCH3 is 1. The van der Waals surface area contributed by atoms with E-state index in [2.05, 4.69) is 5.32 Å². The molecule has 5 nitrogen and oxygen atoms in total. The molecule has 1 saturated heterocycles. The van der Waals surface area contributed by atoms with Crippen molar-refractivity contribution >= 4 is 29.3 Å². The van der Waals surface area contributed by atoms with Crippen LogP contribution in [0.3, 0.4) is 0 Å². The van der Waals surface area contributed by atoms with Crippen LogP contribution in [0.1, 0.15) is 29.6 Å². The molecule has 1 fully saturated rings. The zero-order valence-electron chi connectivity index (χ0n) is 11.9. The van der Waals surface area contributed by atoms with Gasteiger partial charge in [0.15, 0.2) is 0 Å². The molecule has 21 heavy (non-hydrogen) atoms. The molecule has 0 atom stereocenters. The van der Waals surface area contributed by atoms with Gasteiger partial charge in [0.25, 0.3) is 0 Å². The number of carboxylic acids is 1. The topological polar surface area (TPSA) is 75.6 Å². The average Bonchev–Trinajstić information content (AvgIpc) is 2.47. The summed E-state index contributed by atoms with van der Waals surface area (Å²) in [4.78, 5) is 23.0. The molecule has 1 aromatic carbocycles. The van der Waals surface area contributed by atoms with Gasteiger partial charge in [-0.15, -0.1) is 0 Å². The minimum absolute atomic E-state index is 0.0305. The van der Waals surface area contributed by atoms with Crippen LogP contribution >= 0.6 is 11.8 Å². The Labute approximate surface area is 128 Å². The minimum atomic E-state index is -1.05. The zero-order chi connectivity index (χ0) is 15.2. The van der Waals surface area contributed by atoms with Crippen LogP contribution in [0.25, 0.3) is 0 Å². The van der Waals surface area contributed by atoms with E-state index in [1.165, 1.54) is 19.2 Å². The van der Waals surface area contributed by atoms with Crippen molar-refractivity contribution in [1.29, 1.82) is 0 Å². The van der Waals surface area contributed by atoms with E-state index in [0.29, 0.717) is 18.0 Å². The maximum absolute atomic E-state index is 12.0. The van der Waals surface area contributed by atoms with Crippen LogP contribution in [0.15, 0.2) is 18.2 Å². The summed E-state index contributed by atoms with van der Waals surface area (Å²) in [5, 5.41) is 11.8. The van der Waals surface area contributed by atoms with Crippen LogP contribution in [-0.2, 0) is 4.79 Å². The Hall–Kier alpha value is -1.69. The molecule has 6 heteroatoms. The van der Waals surface area contributed by atoms with Gasteiger partial charge in [-0.25, -0.2) is 4.79 Å². The van der Waals surface area contributed by atoms with Gasteiger partial charge < -0.3 is 15.2 Å². The van der Waals surface area contributed by atoms with Crippen molar-refractivity contribution in [1.82, 2.24) is 0 Å². The monoisotopic (exact) mass is 309 g/mol. The zero-order valence-corrected chi connectivity index (χ0v) is 12.7. The lowest BCUT2D eigenvalue weighted by Gasteiger charge is -2.20. The number of carbonyl (C=O) groups excluding carboxylic acids is 1. The molecule has 0 aromatic heterocycles. The molecular weight excluding hydrogens is 290 g/mol. The third-order valence-corrected chi connectivity index (χ3v) is 4.58. The van der Waals surface area contributed by atoms with E-state index < -0.39 is 5.97 Å². The van der Waals surface area contributed by atoms with Crippen LogP contribution in [-0.4, -0.2) is 35.6 Å². The Kier molecular flexibility index (Phi) is 5.50. The summed E-state index contributed by atoms with van der Waals surface area (Å²) in [6, 6.07) is 4.56. The summed E-state index contributed by atoms with van der Waals surface area (Å²) in [7, 11) is 1.41. The van der Waals surface area contributed by atoms with Crippen LogP contribution < -0.4 is 10.1 Å². The van der Waals surface area contributed by atoms with Gasteiger partial charge in [-0.05, 0) is 42.4 Å². The number of benzene rings is 1. The fraction of sp³-hybridized carbons (Fsp3) is 0.467. The van der Waals surface area contributed by atoms with Gasteiger partial charge in [-0.1, -0.05) is 0 Å². The first-order chi connectivity index (χ1) is 10.1. The lowest BCUT2D eigenvalue weighted by molar-refractivity contribution is -0.117.